The Morgan fingerprint density at radius 3 is 2.82 bits per heavy atom. The summed E-state index contributed by atoms with van der Waals surface area (Å²) < 4.78 is 20.8. The number of aromatic nitrogens is 2. The SMILES string of the molecule is Cc1c(-c2cc3cc(NC(O)O[C@H]4C[C@@H](O)C4)ncc3c(N)c2F)cnc2c1NCC1C[C@@H]21. The standard InChI is InChI=1S/C24H26FN5O3/c1-10-17(8-29-23-15-3-12(15)7-28-22(10)23)16-2-11-4-19(27-9-18(11)21(26)20(16)25)30-24(32)33-14-5-13(31)6-14/h2,4,8-9,12-15,24,28,31-32H,3,5-7,26H2,1H3,(H,27,30)/t12?,13-,14+,15-,24?/m1/s1. The lowest BCUT2D eigenvalue weighted by atomic mass is 9.92. The van der Waals surface area contributed by atoms with Crippen LogP contribution in [0.3, 0.4) is 0 Å². The number of nitrogen functional groups attached to an aromatic ring is 1. The van der Waals surface area contributed by atoms with Crippen molar-refractivity contribution in [3.63, 3.8) is 0 Å². The maximum absolute atomic E-state index is 15.3. The summed E-state index contributed by atoms with van der Waals surface area (Å²) in [6.45, 7) is 2.91. The highest BCUT2D eigenvalue weighted by Gasteiger charge is 2.44. The van der Waals surface area contributed by atoms with Gasteiger partial charge in [0.15, 0.2) is 5.82 Å². The molecule has 1 aromatic carbocycles. The monoisotopic (exact) mass is 451 g/mol. The molecule has 1 aliphatic heterocycles. The lowest BCUT2D eigenvalue weighted by Crippen LogP contribution is -2.40. The molecule has 0 saturated heterocycles. The van der Waals surface area contributed by atoms with E-state index in [9.17, 15) is 10.2 Å². The number of hydrogen-bond acceptors (Lipinski definition) is 8. The number of nitrogens with one attached hydrogen (secondary N) is 2. The molecule has 2 unspecified atom stereocenters. The normalized spacial score (nSPS) is 26.1. The molecule has 0 radical (unpaired) electrons. The first-order valence-corrected chi connectivity index (χ1v) is 11.3. The van der Waals surface area contributed by atoms with Crippen molar-refractivity contribution in [1.29, 1.82) is 0 Å². The number of hydrogen-bond donors (Lipinski definition) is 5. The van der Waals surface area contributed by atoms with E-state index >= 15 is 4.39 Å². The molecule has 33 heavy (non-hydrogen) atoms. The van der Waals surface area contributed by atoms with E-state index in [1.54, 1.807) is 18.3 Å². The first kappa shape index (κ1) is 20.6. The van der Waals surface area contributed by atoms with E-state index in [0.717, 1.165) is 29.9 Å². The van der Waals surface area contributed by atoms with Crippen LogP contribution in [0, 0.1) is 18.7 Å². The maximum Gasteiger partial charge on any atom is 0.236 e. The number of fused-ring (bicyclic) bond motifs is 4. The number of aliphatic hydroxyl groups excluding tert-OH is 2. The summed E-state index contributed by atoms with van der Waals surface area (Å²) in [6.07, 6.45) is 3.52. The number of anilines is 3. The Morgan fingerprint density at radius 1 is 1.21 bits per heavy atom. The van der Waals surface area contributed by atoms with Crippen LogP contribution in [0.4, 0.5) is 21.6 Å². The highest BCUT2D eigenvalue weighted by molar-refractivity contribution is 5.98. The topological polar surface area (TPSA) is 126 Å². The molecule has 8 nitrogen and oxygen atoms in total. The van der Waals surface area contributed by atoms with Gasteiger partial charge in [-0.25, -0.2) is 9.37 Å². The van der Waals surface area contributed by atoms with Crippen molar-refractivity contribution in [2.24, 2.45) is 5.92 Å². The van der Waals surface area contributed by atoms with Gasteiger partial charge in [-0.3, -0.25) is 4.98 Å². The fraction of sp³-hybridized carbons (Fsp3) is 0.417. The lowest BCUT2D eigenvalue weighted by Gasteiger charge is -2.32. The summed E-state index contributed by atoms with van der Waals surface area (Å²) in [4.78, 5) is 8.91. The largest absolute Gasteiger partial charge is 0.396 e. The smallest absolute Gasteiger partial charge is 0.236 e. The average molecular weight is 452 g/mol. The molecule has 0 bridgehead atoms. The molecular weight excluding hydrogens is 425 g/mol. The van der Waals surface area contributed by atoms with Gasteiger partial charge in [-0.15, -0.1) is 0 Å². The second kappa shape index (κ2) is 7.51. The van der Waals surface area contributed by atoms with Crippen LogP contribution >= 0.6 is 0 Å². The van der Waals surface area contributed by atoms with Crippen molar-refractivity contribution in [3.8, 4) is 11.1 Å². The molecule has 3 heterocycles. The molecule has 2 saturated carbocycles. The summed E-state index contributed by atoms with van der Waals surface area (Å²) in [5.41, 5.74) is 10.3. The van der Waals surface area contributed by atoms with Crippen LogP contribution in [0.15, 0.2) is 24.5 Å². The summed E-state index contributed by atoms with van der Waals surface area (Å²) in [5.74, 6) is 1.04. The summed E-state index contributed by atoms with van der Waals surface area (Å²) in [5, 5.41) is 26.9. The third kappa shape index (κ3) is 3.47. The van der Waals surface area contributed by atoms with Crippen LogP contribution in [0.1, 0.15) is 36.4 Å². The van der Waals surface area contributed by atoms with Gasteiger partial charge in [-0.05, 0) is 55.2 Å². The zero-order valence-corrected chi connectivity index (χ0v) is 18.2. The van der Waals surface area contributed by atoms with Gasteiger partial charge in [0.25, 0.3) is 0 Å². The summed E-state index contributed by atoms with van der Waals surface area (Å²) in [7, 11) is 0. The zero-order valence-electron chi connectivity index (χ0n) is 18.2. The quantitative estimate of drug-likeness (QED) is 0.296. The first-order valence-electron chi connectivity index (χ1n) is 11.3. The van der Waals surface area contributed by atoms with E-state index in [1.807, 2.05) is 6.92 Å². The van der Waals surface area contributed by atoms with Gasteiger partial charge >= 0.3 is 0 Å². The van der Waals surface area contributed by atoms with Crippen molar-refractivity contribution in [1.82, 2.24) is 9.97 Å². The highest BCUT2D eigenvalue weighted by atomic mass is 19.1. The molecule has 3 atom stereocenters. The van der Waals surface area contributed by atoms with Crippen LogP contribution in [0.2, 0.25) is 0 Å². The second-order valence-corrected chi connectivity index (χ2v) is 9.36. The molecule has 3 aromatic rings. The molecule has 6 rings (SSSR count). The van der Waals surface area contributed by atoms with Crippen molar-refractivity contribution in [2.75, 3.05) is 22.9 Å². The molecule has 9 heteroatoms. The minimum Gasteiger partial charge on any atom is -0.396 e. The average Bonchev–Trinajstić information content (AvgIpc) is 3.56. The Balaban J connectivity index is 1.34. The minimum atomic E-state index is -1.27. The Kier molecular flexibility index (Phi) is 4.69. The molecule has 172 valence electrons. The van der Waals surface area contributed by atoms with Crippen LogP contribution in [-0.2, 0) is 4.74 Å². The van der Waals surface area contributed by atoms with Crippen LogP contribution in [0.25, 0.3) is 21.9 Å². The van der Waals surface area contributed by atoms with Gasteiger partial charge in [0.2, 0.25) is 6.41 Å². The molecule has 3 aliphatic rings. The lowest BCUT2D eigenvalue weighted by molar-refractivity contribution is -0.165. The Morgan fingerprint density at radius 2 is 2.03 bits per heavy atom. The molecule has 2 aliphatic carbocycles. The second-order valence-electron chi connectivity index (χ2n) is 9.36. The third-order valence-corrected chi connectivity index (χ3v) is 7.13. The number of rotatable bonds is 5. The number of pyridine rings is 2. The molecule has 2 aromatic heterocycles. The molecule has 2 fully saturated rings. The van der Waals surface area contributed by atoms with Crippen molar-refractivity contribution in [2.45, 2.75) is 50.7 Å². The van der Waals surface area contributed by atoms with Gasteiger partial charge in [0, 0.05) is 41.4 Å². The van der Waals surface area contributed by atoms with E-state index in [-0.39, 0.29) is 17.9 Å². The Hall–Kier alpha value is -3.01. The van der Waals surface area contributed by atoms with Crippen LogP contribution < -0.4 is 16.4 Å². The van der Waals surface area contributed by atoms with Crippen LogP contribution in [-0.4, -0.2) is 45.3 Å². The Labute approximate surface area is 190 Å². The Bertz CT molecular complexity index is 1260. The predicted molar refractivity (Wildman–Crippen MR) is 123 cm³/mol. The van der Waals surface area contributed by atoms with Crippen molar-refractivity contribution >= 4 is 28.0 Å². The molecule has 0 amide bonds. The third-order valence-electron chi connectivity index (χ3n) is 7.13. The van der Waals surface area contributed by atoms with Gasteiger partial charge in [0.05, 0.1) is 29.3 Å². The van der Waals surface area contributed by atoms with Crippen molar-refractivity contribution < 1.29 is 19.3 Å². The van der Waals surface area contributed by atoms with Gasteiger partial charge in [-0.2, -0.15) is 0 Å². The minimum absolute atomic E-state index is 0.0224. The van der Waals surface area contributed by atoms with E-state index < -0.39 is 12.2 Å². The van der Waals surface area contributed by atoms with Gasteiger partial charge in [0.1, 0.15) is 5.82 Å². The predicted octanol–water partition coefficient (Wildman–Crippen LogP) is 3.08. The summed E-state index contributed by atoms with van der Waals surface area (Å²) in [6, 6.07) is 3.44. The van der Waals surface area contributed by atoms with Crippen LogP contribution in [0.5, 0.6) is 0 Å². The summed E-state index contributed by atoms with van der Waals surface area (Å²) >= 11 is 0. The number of ether oxygens (including phenoxy) is 1. The zero-order chi connectivity index (χ0) is 22.9. The van der Waals surface area contributed by atoms with E-state index in [4.69, 9.17) is 10.5 Å². The number of aliphatic hydroxyl groups is 2. The first-order chi connectivity index (χ1) is 15.9. The van der Waals surface area contributed by atoms with E-state index in [1.165, 1.54) is 6.20 Å². The maximum atomic E-state index is 15.3. The van der Waals surface area contributed by atoms with Gasteiger partial charge in [-0.1, -0.05) is 0 Å². The number of nitrogens with zero attached hydrogens (tertiary/aromatic N) is 2. The molecule has 0 spiro atoms. The van der Waals surface area contributed by atoms with E-state index in [0.29, 0.717) is 52.4 Å². The highest BCUT2D eigenvalue weighted by Crippen LogP contribution is 2.53. The van der Waals surface area contributed by atoms with Gasteiger partial charge < -0.3 is 31.3 Å². The molecular formula is C24H26FN5O3. The number of nitrogens with two attached hydrogens (primary N) is 1. The fourth-order valence-corrected chi connectivity index (χ4v) is 5.00. The molecule has 6 N–H and O–H groups in total. The number of benzene rings is 1. The fourth-order valence-electron chi connectivity index (χ4n) is 5.00. The number of halogens is 1. The van der Waals surface area contributed by atoms with E-state index in [2.05, 4.69) is 20.6 Å². The van der Waals surface area contributed by atoms with Crippen molar-refractivity contribution in [3.05, 3.63) is 41.6 Å².